The van der Waals surface area contributed by atoms with Crippen LogP contribution >= 0.6 is 0 Å². The van der Waals surface area contributed by atoms with Crippen LogP contribution in [0.5, 0.6) is 0 Å². The lowest BCUT2D eigenvalue weighted by Crippen LogP contribution is -2.45. The standard InChI is InChI=1S/C13H23NO/c1-3-13(2,14)12(15)11-9-7-5-4-6-8-10-11/h9H,3-8,10,14H2,1-2H3. The third-order valence-electron chi connectivity index (χ3n) is 3.34. The van der Waals surface area contributed by atoms with E-state index in [0.29, 0.717) is 6.42 Å². The monoisotopic (exact) mass is 209 g/mol. The van der Waals surface area contributed by atoms with Crippen molar-refractivity contribution < 1.29 is 4.79 Å². The van der Waals surface area contributed by atoms with Gasteiger partial charge in [0.1, 0.15) is 0 Å². The number of ketones is 1. The fraction of sp³-hybridized carbons (Fsp3) is 0.769. The molecule has 86 valence electrons. The van der Waals surface area contributed by atoms with Crippen molar-refractivity contribution in [2.24, 2.45) is 5.73 Å². The van der Waals surface area contributed by atoms with Gasteiger partial charge < -0.3 is 5.73 Å². The SMILES string of the molecule is CCC(C)(N)C(=O)C1=CCCCCCC1. The molecule has 0 aromatic rings. The molecule has 0 aromatic carbocycles. The number of carbonyl (C=O) groups is 1. The van der Waals surface area contributed by atoms with Gasteiger partial charge in [0.15, 0.2) is 5.78 Å². The minimum Gasteiger partial charge on any atom is -0.319 e. The molecule has 0 spiro atoms. The highest BCUT2D eigenvalue weighted by atomic mass is 16.1. The van der Waals surface area contributed by atoms with Gasteiger partial charge >= 0.3 is 0 Å². The first-order valence-corrected chi connectivity index (χ1v) is 6.10. The number of Topliss-reactive ketones (excluding diaryl/α,β-unsaturated/α-hetero) is 1. The van der Waals surface area contributed by atoms with E-state index in [0.717, 1.165) is 24.8 Å². The molecule has 1 aliphatic carbocycles. The highest BCUT2D eigenvalue weighted by Crippen LogP contribution is 2.22. The highest BCUT2D eigenvalue weighted by molar-refractivity contribution is 6.02. The molecular formula is C13H23NO. The predicted molar refractivity (Wildman–Crippen MR) is 63.7 cm³/mol. The van der Waals surface area contributed by atoms with Gasteiger partial charge in [0.05, 0.1) is 5.54 Å². The number of carbonyl (C=O) groups excluding carboxylic acids is 1. The van der Waals surface area contributed by atoms with Crippen LogP contribution in [-0.2, 0) is 4.79 Å². The van der Waals surface area contributed by atoms with E-state index in [9.17, 15) is 4.79 Å². The van der Waals surface area contributed by atoms with Crippen molar-refractivity contribution in [1.29, 1.82) is 0 Å². The summed E-state index contributed by atoms with van der Waals surface area (Å²) in [5, 5.41) is 0. The quantitative estimate of drug-likeness (QED) is 0.776. The van der Waals surface area contributed by atoms with Crippen LogP contribution in [-0.4, -0.2) is 11.3 Å². The van der Waals surface area contributed by atoms with Crippen LogP contribution in [0.2, 0.25) is 0 Å². The van der Waals surface area contributed by atoms with Crippen molar-refractivity contribution in [1.82, 2.24) is 0 Å². The molecule has 0 bridgehead atoms. The number of hydrogen-bond donors (Lipinski definition) is 1. The summed E-state index contributed by atoms with van der Waals surface area (Å²) < 4.78 is 0. The van der Waals surface area contributed by atoms with Crippen LogP contribution < -0.4 is 5.73 Å². The Hall–Kier alpha value is -0.630. The van der Waals surface area contributed by atoms with Gasteiger partial charge in [0.2, 0.25) is 0 Å². The van der Waals surface area contributed by atoms with Crippen molar-refractivity contribution in [3.05, 3.63) is 11.6 Å². The largest absolute Gasteiger partial charge is 0.319 e. The van der Waals surface area contributed by atoms with E-state index < -0.39 is 5.54 Å². The lowest BCUT2D eigenvalue weighted by atomic mass is 9.86. The van der Waals surface area contributed by atoms with Crippen molar-refractivity contribution in [2.45, 2.75) is 64.3 Å². The molecule has 0 fully saturated rings. The first kappa shape index (κ1) is 12.4. The predicted octanol–water partition coefficient (Wildman–Crippen LogP) is 2.96. The minimum atomic E-state index is -0.662. The molecule has 2 nitrogen and oxygen atoms in total. The van der Waals surface area contributed by atoms with Crippen LogP contribution in [0.1, 0.15) is 58.8 Å². The maximum absolute atomic E-state index is 12.1. The second-order valence-corrected chi connectivity index (χ2v) is 4.78. The molecule has 0 saturated heterocycles. The van der Waals surface area contributed by atoms with E-state index in [1.54, 1.807) is 0 Å². The average Bonchev–Trinajstić information content (AvgIpc) is 2.16. The van der Waals surface area contributed by atoms with Gasteiger partial charge in [0.25, 0.3) is 0 Å². The molecule has 0 saturated carbocycles. The summed E-state index contributed by atoms with van der Waals surface area (Å²) in [7, 11) is 0. The summed E-state index contributed by atoms with van der Waals surface area (Å²) >= 11 is 0. The molecule has 1 atom stereocenters. The van der Waals surface area contributed by atoms with Crippen molar-refractivity contribution in [3.63, 3.8) is 0 Å². The maximum Gasteiger partial charge on any atom is 0.178 e. The smallest absolute Gasteiger partial charge is 0.178 e. The highest BCUT2D eigenvalue weighted by Gasteiger charge is 2.28. The molecule has 15 heavy (non-hydrogen) atoms. The van der Waals surface area contributed by atoms with E-state index in [2.05, 4.69) is 6.08 Å². The van der Waals surface area contributed by atoms with Gasteiger partial charge in [-0.2, -0.15) is 0 Å². The van der Waals surface area contributed by atoms with Crippen LogP contribution in [0.15, 0.2) is 11.6 Å². The number of nitrogens with two attached hydrogens (primary N) is 1. The lowest BCUT2D eigenvalue weighted by molar-refractivity contribution is -0.120. The molecule has 0 heterocycles. The molecule has 0 aliphatic heterocycles. The molecule has 1 aliphatic rings. The zero-order valence-electron chi connectivity index (χ0n) is 10.0. The van der Waals surface area contributed by atoms with E-state index in [4.69, 9.17) is 5.73 Å². The molecule has 0 radical (unpaired) electrons. The maximum atomic E-state index is 12.1. The second-order valence-electron chi connectivity index (χ2n) is 4.78. The first-order valence-electron chi connectivity index (χ1n) is 6.10. The Kier molecular flexibility index (Phi) is 4.52. The lowest BCUT2D eigenvalue weighted by Gasteiger charge is -2.23. The van der Waals surface area contributed by atoms with Gasteiger partial charge in [-0.25, -0.2) is 0 Å². The Morgan fingerprint density at radius 3 is 2.73 bits per heavy atom. The van der Waals surface area contributed by atoms with Crippen molar-refractivity contribution in [3.8, 4) is 0 Å². The Balaban J connectivity index is 2.72. The topological polar surface area (TPSA) is 43.1 Å². The molecule has 0 aromatic heterocycles. The van der Waals surface area contributed by atoms with Gasteiger partial charge in [-0.3, -0.25) is 4.79 Å². The fourth-order valence-electron chi connectivity index (χ4n) is 1.93. The van der Waals surface area contributed by atoms with E-state index in [1.807, 2.05) is 13.8 Å². The molecule has 2 N–H and O–H groups in total. The van der Waals surface area contributed by atoms with Crippen LogP contribution in [0.4, 0.5) is 0 Å². The van der Waals surface area contributed by atoms with Crippen LogP contribution in [0, 0.1) is 0 Å². The number of rotatable bonds is 3. The fourth-order valence-corrected chi connectivity index (χ4v) is 1.93. The summed E-state index contributed by atoms with van der Waals surface area (Å²) in [5.74, 6) is 0.159. The molecule has 2 heteroatoms. The summed E-state index contributed by atoms with van der Waals surface area (Å²) in [6, 6.07) is 0. The Morgan fingerprint density at radius 1 is 1.40 bits per heavy atom. The Morgan fingerprint density at radius 2 is 2.07 bits per heavy atom. The minimum absolute atomic E-state index is 0.159. The molecule has 0 amide bonds. The summed E-state index contributed by atoms with van der Waals surface area (Å²) in [5.41, 5.74) is 6.30. The van der Waals surface area contributed by atoms with Gasteiger partial charge in [0, 0.05) is 0 Å². The number of hydrogen-bond acceptors (Lipinski definition) is 2. The molecular weight excluding hydrogens is 186 g/mol. The number of allylic oxidation sites excluding steroid dienone is 1. The van der Waals surface area contributed by atoms with Gasteiger partial charge in [-0.15, -0.1) is 0 Å². The second kappa shape index (κ2) is 5.45. The zero-order chi connectivity index (χ0) is 11.3. The van der Waals surface area contributed by atoms with Crippen molar-refractivity contribution in [2.75, 3.05) is 0 Å². The molecule has 1 rings (SSSR count). The van der Waals surface area contributed by atoms with Gasteiger partial charge in [-0.05, 0) is 44.6 Å². The van der Waals surface area contributed by atoms with Crippen LogP contribution in [0.3, 0.4) is 0 Å². The summed E-state index contributed by atoms with van der Waals surface area (Å²) in [4.78, 5) is 12.1. The average molecular weight is 209 g/mol. The Bertz CT molecular complexity index is 253. The first-order chi connectivity index (χ1) is 7.08. The third-order valence-corrected chi connectivity index (χ3v) is 3.34. The summed E-state index contributed by atoms with van der Waals surface area (Å²) in [6.45, 7) is 3.82. The van der Waals surface area contributed by atoms with E-state index in [-0.39, 0.29) is 5.78 Å². The molecule has 1 unspecified atom stereocenters. The normalized spacial score (nSPS) is 22.2. The van der Waals surface area contributed by atoms with Gasteiger partial charge in [-0.1, -0.05) is 25.8 Å². The van der Waals surface area contributed by atoms with E-state index in [1.165, 1.54) is 19.3 Å². The van der Waals surface area contributed by atoms with Crippen LogP contribution in [0.25, 0.3) is 0 Å². The summed E-state index contributed by atoms with van der Waals surface area (Å²) in [6.07, 6.45) is 9.68. The van der Waals surface area contributed by atoms with E-state index >= 15 is 0 Å². The Labute approximate surface area is 92.9 Å². The zero-order valence-corrected chi connectivity index (χ0v) is 10.0. The van der Waals surface area contributed by atoms with Crippen molar-refractivity contribution >= 4 is 5.78 Å². The third kappa shape index (κ3) is 3.45.